The molecule has 1 aromatic carbocycles. The molecule has 0 aromatic heterocycles. The molecule has 1 unspecified atom stereocenters. The Labute approximate surface area is 143 Å². The monoisotopic (exact) mass is 348 g/mol. The number of carbonyl (C=O) groups excluding carboxylic acids is 5. The van der Waals surface area contributed by atoms with Crippen molar-refractivity contribution in [1.82, 2.24) is 0 Å². The van der Waals surface area contributed by atoms with Crippen LogP contribution in [0.2, 0.25) is 0 Å². The van der Waals surface area contributed by atoms with Gasteiger partial charge < -0.3 is 14.2 Å². The fourth-order valence-corrected chi connectivity index (χ4v) is 1.64. The summed E-state index contributed by atoms with van der Waals surface area (Å²) in [6.07, 6.45) is -0.498. The number of hydrogen-bond donors (Lipinski definition) is 0. The SMILES string of the molecule is CCOC(=O)C=CC(=O)OC(C(=O)OC(C)=O)C(=O)c1ccccc1. The van der Waals surface area contributed by atoms with Crippen molar-refractivity contribution in [3.8, 4) is 0 Å². The van der Waals surface area contributed by atoms with Crippen LogP contribution >= 0.6 is 0 Å². The fourth-order valence-electron chi connectivity index (χ4n) is 1.64. The highest BCUT2D eigenvalue weighted by molar-refractivity contribution is 6.13. The second-order valence-corrected chi connectivity index (χ2v) is 4.55. The van der Waals surface area contributed by atoms with E-state index in [1.54, 1.807) is 25.1 Å². The summed E-state index contributed by atoms with van der Waals surface area (Å²) >= 11 is 0. The number of esters is 4. The molecule has 8 nitrogen and oxygen atoms in total. The summed E-state index contributed by atoms with van der Waals surface area (Å²) in [5.74, 6) is -5.11. The van der Waals surface area contributed by atoms with Gasteiger partial charge in [0.1, 0.15) is 0 Å². The topological polar surface area (TPSA) is 113 Å². The van der Waals surface area contributed by atoms with E-state index in [0.29, 0.717) is 6.08 Å². The van der Waals surface area contributed by atoms with Crippen LogP contribution in [0.4, 0.5) is 0 Å². The van der Waals surface area contributed by atoms with Crippen LogP contribution < -0.4 is 0 Å². The van der Waals surface area contributed by atoms with Gasteiger partial charge in [0.05, 0.1) is 6.61 Å². The normalized spacial score (nSPS) is 11.4. The van der Waals surface area contributed by atoms with E-state index in [-0.39, 0.29) is 12.2 Å². The molecule has 0 fully saturated rings. The van der Waals surface area contributed by atoms with Gasteiger partial charge >= 0.3 is 23.9 Å². The van der Waals surface area contributed by atoms with E-state index in [4.69, 9.17) is 4.74 Å². The van der Waals surface area contributed by atoms with E-state index in [2.05, 4.69) is 9.47 Å². The molecule has 0 aliphatic rings. The first-order valence-electron chi connectivity index (χ1n) is 7.22. The minimum Gasteiger partial charge on any atom is -0.463 e. The average Bonchev–Trinajstić information content (AvgIpc) is 2.57. The Hall–Kier alpha value is -3.29. The lowest BCUT2D eigenvalue weighted by Crippen LogP contribution is -2.37. The van der Waals surface area contributed by atoms with Gasteiger partial charge in [0.25, 0.3) is 6.10 Å². The first-order valence-corrected chi connectivity index (χ1v) is 7.22. The van der Waals surface area contributed by atoms with Crippen molar-refractivity contribution in [2.45, 2.75) is 20.0 Å². The number of rotatable bonds is 7. The summed E-state index contributed by atoms with van der Waals surface area (Å²) in [5, 5.41) is 0. The molecular formula is C17H16O8. The van der Waals surface area contributed by atoms with Gasteiger partial charge in [-0.15, -0.1) is 0 Å². The fraction of sp³-hybridized carbons (Fsp3) is 0.235. The predicted molar refractivity (Wildman–Crippen MR) is 83.2 cm³/mol. The molecule has 0 aliphatic heterocycles. The molecule has 0 radical (unpaired) electrons. The highest BCUT2D eigenvalue weighted by atomic mass is 16.6. The Kier molecular flexibility index (Phi) is 7.71. The third-order valence-electron chi connectivity index (χ3n) is 2.63. The molecule has 0 aliphatic carbocycles. The maximum absolute atomic E-state index is 12.3. The maximum atomic E-state index is 12.3. The largest absolute Gasteiger partial charge is 0.463 e. The van der Waals surface area contributed by atoms with Gasteiger partial charge in [0.2, 0.25) is 5.78 Å². The van der Waals surface area contributed by atoms with Crippen molar-refractivity contribution < 1.29 is 38.2 Å². The first-order chi connectivity index (χ1) is 11.8. The lowest BCUT2D eigenvalue weighted by molar-refractivity contribution is -0.168. The Morgan fingerprint density at radius 2 is 1.60 bits per heavy atom. The van der Waals surface area contributed by atoms with Crippen molar-refractivity contribution in [1.29, 1.82) is 0 Å². The molecule has 0 N–H and O–H groups in total. The predicted octanol–water partition coefficient (Wildman–Crippen LogP) is 0.990. The molecule has 0 saturated carbocycles. The third-order valence-corrected chi connectivity index (χ3v) is 2.63. The molecule has 0 spiro atoms. The zero-order valence-corrected chi connectivity index (χ0v) is 13.6. The zero-order valence-electron chi connectivity index (χ0n) is 13.6. The zero-order chi connectivity index (χ0) is 18.8. The van der Waals surface area contributed by atoms with Crippen molar-refractivity contribution >= 4 is 29.7 Å². The summed E-state index contributed by atoms with van der Waals surface area (Å²) < 4.78 is 13.7. The van der Waals surface area contributed by atoms with E-state index in [0.717, 1.165) is 13.0 Å². The van der Waals surface area contributed by atoms with Crippen molar-refractivity contribution in [2.75, 3.05) is 6.61 Å². The van der Waals surface area contributed by atoms with Gasteiger partial charge in [-0.1, -0.05) is 30.3 Å². The molecule has 0 heterocycles. The molecular weight excluding hydrogens is 332 g/mol. The summed E-state index contributed by atoms with van der Waals surface area (Å²) in [6.45, 7) is 2.65. The average molecular weight is 348 g/mol. The lowest BCUT2D eigenvalue weighted by Gasteiger charge is -2.13. The molecule has 0 saturated heterocycles. The van der Waals surface area contributed by atoms with Gasteiger partial charge in [-0.05, 0) is 6.92 Å². The van der Waals surface area contributed by atoms with Crippen LogP contribution in [-0.2, 0) is 33.4 Å². The quantitative estimate of drug-likeness (QED) is 0.236. The standard InChI is InChI=1S/C17H16O8/c1-3-23-13(19)9-10-14(20)25-16(17(22)24-11(2)18)15(21)12-7-5-4-6-8-12/h4-10,16H,3H2,1-2H3. The highest BCUT2D eigenvalue weighted by Gasteiger charge is 2.33. The maximum Gasteiger partial charge on any atom is 0.363 e. The van der Waals surface area contributed by atoms with Crippen LogP contribution in [0.25, 0.3) is 0 Å². The van der Waals surface area contributed by atoms with Gasteiger partial charge in [-0.25, -0.2) is 14.4 Å². The summed E-state index contributed by atoms with van der Waals surface area (Å²) in [4.78, 5) is 58.0. The molecule has 1 aromatic rings. The molecule has 8 heteroatoms. The molecule has 0 amide bonds. The van der Waals surface area contributed by atoms with Gasteiger partial charge in [0, 0.05) is 24.6 Å². The van der Waals surface area contributed by atoms with E-state index in [1.807, 2.05) is 0 Å². The summed E-state index contributed by atoms with van der Waals surface area (Å²) in [6, 6.07) is 7.54. The van der Waals surface area contributed by atoms with E-state index in [1.165, 1.54) is 12.1 Å². The Bertz CT molecular complexity index is 690. The second kappa shape index (κ2) is 9.76. The molecule has 1 rings (SSSR count). The smallest absolute Gasteiger partial charge is 0.363 e. The third kappa shape index (κ3) is 6.78. The Balaban J connectivity index is 2.93. The van der Waals surface area contributed by atoms with Crippen LogP contribution in [0.3, 0.4) is 0 Å². The van der Waals surface area contributed by atoms with E-state index < -0.39 is 35.8 Å². The number of carbonyl (C=O) groups is 5. The number of ether oxygens (including phenoxy) is 3. The first kappa shape index (κ1) is 19.8. The van der Waals surface area contributed by atoms with Gasteiger partial charge in [-0.2, -0.15) is 0 Å². The van der Waals surface area contributed by atoms with Crippen molar-refractivity contribution in [2.24, 2.45) is 0 Å². The molecule has 1 atom stereocenters. The van der Waals surface area contributed by atoms with Crippen molar-refractivity contribution in [3.63, 3.8) is 0 Å². The van der Waals surface area contributed by atoms with Crippen LogP contribution in [0.1, 0.15) is 24.2 Å². The number of Topliss-reactive ketones (excluding diaryl/α,β-unsaturated/α-hetero) is 1. The van der Waals surface area contributed by atoms with Gasteiger partial charge in [-0.3, -0.25) is 9.59 Å². The minimum absolute atomic E-state index is 0.0789. The number of ketones is 1. The minimum atomic E-state index is -1.98. The van der Waals surface area contributed by atoms with Crippen LogP contribution in [0.5, 0.6) is 0 Å². The van der Waals surface area contributed by atoms with Crippen LogP contribution in [0.15, 0.2) is 42.5 Å². The number of hydrogen-bond acceptors (Lipinski definition) is 8. The van der Waals surface area contributed by atoms with E-state index in [9.17, 15) is 24.0 Å². The van der Waals surface area contributed by atoms with Crippen LogP contribution in [-0.4, -0.2) is 42.4 Å². The molecule has 132 valence electrons. The van der Waals surface area contributed by atoms with Crippen molar-refractivity contribution in [3.05, 3.63) is 48.0 Å². The van der Waals surface area contributed by atoms with E-state index >= 15 is 0 Å². The molecule has 25 heavy (non-hydrogen) atoms. The van der Waals surface area contributed by atoms with Gasteiger partial charge in [0.15, 0.2) is 0 Å². The second-order valence-electron chi connectivity index (χ2n) is 4.55. The lowest BCUT2D eigenvalue weighted by atomic mass is 10.1. The Morgan fingerprint density at radius 1 is 1.00 bits per heavy atom. The highest BCUT2D eigenvalue weighted by Crippen LogP contribution is 2.09. The molecule has 0 bridgehead atoms. The van der Waals surface area contributed by atoms with Crippen LogP contribution in [0, 0.1) is 0 Å². The summed E-state index contributed by atoms with van der Waals surface area (Å²) in [5.41, 5.74) is 0.0789. The Morgan fingerprint density at radius 3 is 2.16 bits per heavy atom. The summed E-state index contributed by atoms with van der Waals surface area (Å²) in [7, 11) is 0. The number of benzene rings is 1.